The van der Waals surface area contributed by atoms with Gasteiger partial charge in [-0.1, -0.05) is 30.9 Å². The summed E-state index contributed by atoms with van der Waals surface area (Å²) in [6.07, 6.45) is 3.49. The summed E-state index contributed by atoms with van der Waals surface area (Å²) in [4.78, 5) is 12.4. The number of nitrogens with one attached hydrogen (secondary N) is 1. The second-order valence-corrected chi connectivity index (χ2v) is 7.54. The number of carbonyl (C=O) groups is 1. The first-order valence-electron chi connectivity index (χ1n) is 7.36. The number of hydrogen-bond donors (Lipinski definition) is 1. The van der Waals surface area contributed by atoms with Gasteiger partial charge in [-0.05, 0) is 44.0 Å². The zero-order valence-corrected chi connectivity index (χ0v) is 14.0. The molecule has 1 aromatic carbocycles. The van der Waals surface area contributed by atoms with Crippen molar-refractivity contribution in [3.8, 4) is 0 Å². The Balaban J connectivity index is 2.29. The van der Waals surface area contributed by atoms with Gasteiger partial charge in [0, 0.05) is 5.02 Å². The molecule has 1 fully saturated rings. The molecule has 0 amide bonds. The summed E-state index contributed by atoms with van der Waals surface area (Å²) >= 11 is 5.78. The first kappa shape index (κ1) is 17.2. The van der Waals surface area contributed by atoms with Gasteiger partial charge in [-0.2, -0.15) is 4.72 Å². The minimum absolute atomic E-state index is 0.0890. The van der Waals surface area contributed by atoms with E-state index in [4.69, 9.17) is 16.3 Å². The fourth-order valence-corrected chi connectivity index (χ4v) is 4.24. The highest BCUT2D eigenvalue weighted by atomic mass is 35.5. The minimum Gasteiger partial charge on any atom is -0.465 e. The average molecular weight is 346 g/mol. The Bertz CT molecular complexity index is 621. The standard InChI is InChI=1S/C15H20ClNO4S/c1-2-21-14(18)15(10-4-3-5-11-15)17-22(19,20)13-8-6-12(16)7-9-13/h6-9,17H,2-5,10-11H2,1H3. The smallest absolute Gasteiger partial charge is 0.327 e. The van der Waals surface area contributed by atoms with Crippen molar-refractivity contribution in [3.05, 3.63) is 29.3 Å². The van der Waals surface area contributed by atoms with E-state index < -0.39 is 21.5 Å². The first-order chi connectivity index (χ1) is 10.4. The molecule has 0 saturated heterocycles. The molecule has 0 heterocycles. The molecule has 5 nitrogen and oxygen atoms in total. The van der Waals surface area contributed by atoms with Crippen molar-refractivity contribution in [2.75, 3.05) is 6.61 Å². The van der Waals surface area contributed by atoms with Crippen LogP contribution in [-0.4, -0.2) is 26.5 Å². The number of carbonyl (C=O) groups excluding carboxylic acids is 1. The summed E-state index contributed by atoms with van der Waals surface area (Å²) in [6.45, 7) is 1.94. The molecule has 0 spiro atoms. The quantitative estimate of drug-likeness (QED) is 0.833. The van der Waals surface area contributed by atoms with Crippen molar-refractivity contribution in [2.45, 2.75) is 49.5 Å². The highest BCUT2D eigenvalue weighted by molar-refractivity contribution is 7.89. The zero-order chi connectivity index (χ0) is 16.2. The molecule has 1 saturated carbocycles. The lowest BCUT2D eigenvalue weighted by molar-refractivity contribution is -0.151. The van der Waals surface area contributed by atoms with Crippen LogP contribution >= 0.6 is 11.6 Å². The summed E-state index contributed by atoms with van der Waals surface area (Å²) in [5, 5.41) is 0.455. The summed E-state index contributed by atoms with van der Waals surface area (Å²) in [5.74, 6) is -0.493. The summed E-state index contributed by atoms with van der Waals surface area (Å²) in [7, 11) is -3.81. The minimum atomic E-state index is -3.81. The lowest BCUT2D eigenvalue weighted by Crippen LogP contribution is -2.56. The van der Waals surface area contributed by atoms with E-state index in [9.17, 15) is 13.2 Å². The number of hydrogen-bond acceptors (Lipinski definition) is 4. The maximum absolute atomic E-state index is 12.6. The van der Waals surface area contributed by atoms with E-state index in [0.29, 0.717) is 17.9 Å². The molecule has 0 aromatic heterocycles. The van der Waals surface area contributed by atoms with Gasteiger partial charge in [-0.3, -0.25) is 4.79 Å². The van der Waals surface area contributed by atoms with Gasteiger partial charge in [0.1, 0.15) is 5.54 Å². The molecule has 22 heavy (non-hydrogen) atoms. The number of esters is 1. The molecule has 1 N–H and O–H groups in total. The van der Waals surface area contributed by atoms with Gasteiger partial charge in [0.05, 0.1) is 11.5 Å². The van der Waals surface area contributed by atoms with Crippen LogP contribution in [0, 0.1) is 0 Å². The Labute approximate surface area is 136 Å². The van der Waals surface area contributed by atoms with Gasteiger partial charge in [-0.15, -0.1) is 0 Å². The number of halogens is 1. The molecule has 0 atom stereocenters. The monoisotopic (exact) mass is 345 g/mol. The van der Waals surface area contributed by atoms with Crippen LogP contribution in [0.1, 0.15) is 39.0 Å². The van der Waals surface area contributed by atoms with Gasteiger partial charge in [0.2, 0.25) is 10.0 Å². The second-order valence-electron chi connectivity index (χ2n) is 5.42. The van der Waals surface area contributed by atoms with E-state index in [0.717, 1.165) is 19.3 Å². The molecular formula is C15H20ClNO4S. The molecule has 1 aliphatic carbocycles. The fraction of sp³-hybridized carbons (Fsp3) is 0.533. The van der Waals surface area contributed by atoms with Crippen molar-refractivity contribution >= 4 is 27.6 Å². The van der Waals surface area contributed by atoms with Gasteiger partial charge in [-0.25, -0.2) is 8.42 Å². The molecule has 1 aliphatic rings. The van der Waals surface area contributed by atoms with Gasteiger partial charge < -0.3 is 4.74 Å². The first-order valence-corrected chi connectivity index (χ1v) is 9.22. The number of rotatable bonds is 5. The average Bonchev–Trinajstić information content (AvgIpc) is 2.48. The third-order valence-corrected chi connectivity index (χ3v) is 5.63. The molecule has 0 bridgehead atoms. The molecule has 0 radical (unpaired) electrons. The van der Waals surface area contributed by atoms with Gasteiger partial charge in [0.25, 0.3) is 0 Å². The molecule has 0 aliphatic heterocycles. The molecular weight excluding hydrogens is 326 g/mol. The summed E-state index contributed by atoms with van der Waals surface area (Å²) in [6, 6.07) is 5.86. The number of benzene rings is 1. The normalized spacial score (nSPS) is 17.9. The lowest BCUT2D eigenvalue weighted by atomic mass is 9.82. The lowest BCUT2D eigenvalue weighted by Gasteiger charge is -2.35. The molecule has 122 valence electrons. The summed E-state index contributed by atoms with van der Waals surface area (Å²) in [5.41, 5.74) is -1.16. The van der Waals surface area contributed by atoms with Crippen LogP contribution in [-0.2, 0) is 19.6 Å². The van der Waals surface area contributed by atoms with Crippen molar-refractivity contribution < 1.29 is 17.9 Å². The van der Waals surface area contributed by atoms with Crippen LogP contribution in [0.25, 0.3) is 0 Å². The van der Waals surface area contributed by atoms with Crippen LogP contribution in [0.15, 0.2) is 29.2 Å². The number of sulfonamides is 1. The van der Waals surface area contributed by atoms with Crippen LogP contribution < -0.4 is 4.72 Å². The van der Waals surface area contributed by atoms with E-state index in [2.05, 4.69) is 4.72 Å². The molecule has 2 rings (SSSR count). The number of ether oxygens (including phenoxy) is 1. The zero-order valence-electron chi connectivity index (χ0n) is 12.5. The van der Waals surface area contributed by atoms with Crippen LogP contribution in [0.2, 0.25) is 5.02 Å². The van der Waals surface area contributed by atoms with E-state index >= 15 is 0 Å². The Morgan fingerprint density at radius 2 is 1.82 bits per heavy atom. The molecule has 0 unspecified atom stereocenters. The van der Waals surface area contributed by atoms with Crippen molar-refractivity contribution in [1.29, 1.82) is 0 Å². The van der Waals surface area contributed by atoms with Crippen LogP contribution in [0.4, 0.5) is 0 Å². The highest BCUT2D eigenvalue weighted by Crippen LogP contribution is 2.31. The van der Waals surface area contributed by atoms with Gasteiger partial charge >= 0.3 is 5.97 Å². The second kappa shape index (κ2) is 6.98. The predicted molar refractivity (Wildman–Crippen MR) is 84.2 cm³/mol. The third-order valence-electron chi connectivity index (χ3n) is 3.83. The van der Waals surface area contributed by atoms with Gasteiger partial charge in [0.15, 0.2) is 0 Å². The maximum atomic E-state index is 12.6. The predicted octanol–water partition coefficient (Wildman–Crippen LogP) is 2.88. The third kappa shape index (κ3) is 3.80. The highest BCUT2D eigenvalue weighted by Gasteiger charge is 2.44. The van der Waals surface area contributed by atoms with Crippen LogP contribution in [0.5, 0.6) is 0 Å². The molecule has 7 heteroatoms. The maximum Gasteiger partial charge on any atom is 0.327 e. The van der Waals surface area contributed by atoms with Crippen molar-refractivity contribution in [2.24, 2.45) is 0 Å². The topological polar surface area (TPSA) is 72.5 Å². The molecule has 1 aromatic rings. The largest absolute Gasteiger partial charge is 0.465 e. The van der Waals surface area contributed by atoms with Crippen LogP contribution in [0.3, 0.4) is 0 Å². The van der Waals surface area contributed by atoms with E-state index in [1.54, 1.807) is 6.92 Å². The Hall–Kier alpha value is -1.11. The van der Waals surface area contributed by atoms with E-state index in [-0.39, 0.29) is 11.5 Å². The van der Waals surface area contributed by atoms with E-state index in [1.165, 1.54) is 24.3 Å². The summed E-state index contributed by atoms with van der Waals surface area (Å²) < 4.78 is 32.8. The van der Waals surface area contributed by atoms with Crippen molar-refractivity contribution in [1.82, 2.24) is 4.72 Å². The Morgan fingerprint density at radius 1 is 1.23 bits per heavy atom. The van der Waals surface area contributed by atoms with E-state index in [1.807, 2.05) is 0 Å². The Kier molecular flexibility index (Phi) is 5.47. The SMILES string of the molecule is CCOC(=O)C1(NS(=O)(=O)c2ccc(Cl)cc2)CCCCC1. The van der Waals surface area contributed by atoms with Crippen molar-refractivity contribution in [3.63, 3.8) is 0 Å². The Morgan fingerprint density at radius 3 is 2.36 bits per heavy atom. The fourth-order valence-electron chi connectivity index (χ4n) is 2.70.